The van der Waals surface area contributed by atoms with E-state index < -0.39 is 9.84 Å². The predicted molar refractivity (Wildman–Crippen MR) is 149 cm³/mol. The molecule has 0 N–H and O–H groups in total. The predicted octanol–water partition coefficient (Wildman–Crippen LogP) is 4.80. The van der Waals surface area contributed by atoms with E-state index in [1.54, 1.807) is 17.0 Å². The van der Waals surface area contributed by atoms with Crippen LogP contribution in [0.5, 0.6) is 11.5 Å². The molecule has 9 nitrogen and oxygen atoms in total. The maximum absolute atomic E-state index is 13.5. The molecule has 1 amide bonds. The van der Waals surface area contributed by atoms with E-state index in [0.29, 0.717) is 41.8 Å². The van der Waals surface area contributed by atoms with Crippen LogP contribution >= 0.6 is 11.3 Å². The lowest BCUT2D eigenvalue weighted by Gasteiger charge is -2.20. The third-order valence-electron chi connectivity index (χ3n) is 6.06. The minimum absolute atomic E-state index is 0.0702. The summed E-state index contributed by atoms with van der Waals surface area (Å²) in [7, 11) is -2.01. The Morgan fingerprint density at radius 3 is 2.55 bits per heavy atom. The number of para-hydroxylation sites is 1. The van der Waals surface area contributed by atoms with Gasteiger partial charge in [0.25, 0.3) is 0 Å². The molecule has 0 atom stereocenters. The number of aromatic nitrogens is 3. The Morgan fingerprint density at radius 2 is 1.89 bits per heavy atom. The number of carbonyl (C=O) groups is 1. The smallest absolute Gasteiger partial charge is 0.228 e. The zero-order valence-corrected chi connectivity index (χ0v) is 23.6. The molecule has 4 aromatic rings. The van der Waals surface area contributed by atoms with Gasteiger partial charge in [-0.2, -0.15) is 5.10 Å². The first-order valence-corrected chi connectivity index (χ1v) is 14.9. The van der Waals surface area contributed by atoms with Crippen LogP contribution in [0.4, 0.5) is 5.13 Å². The summed E-state index contributed by atoms with van der Waals surface area (Å²) in [6, 6.07) is 14.0. The second-order valence-corrected chi connectivity index (χ2v) is 11.9. The number of hydrogen-bond acceptors (Lipinski definition) is 8. The fraction of sp³-hybridized carbons (Fsp3) is 0.370. The molecule has 2 heterocycles. The van der Waals surface area contributed by atoms with Gasteiger partial charge in [0.15, 0.2) is 15.0 Å². The molecule has 0 bridgehead atoms. The van der Waals surface area contributed by atoms with E-state index in [1.165, 1.54) is 30.6 Å². The monoisotopic (exact) mass is 556 g/mol. The summed E-state index contributed by atoms with van der Waals surface area (Å²) in [6.07, 6.45) is 0.263. The summed E-state index contributed by atoms with van der Waals surface area (Å²) in [4.78, 5) is 20.1. The molecule has 0 saturated heterocycles. The van der Waals surface area contributed by atoms with Gasteiger partial charge in [0.2, 0.25) is 5.91 Å². The van der Waals surface area contributed by atoms with Crippen LogP contribution in [0.1, 0.15) is 31.2 Å². The SMILES string of the molecule is CCOc1cccc2sc(N(CCn3nc(C)cc3C)C(=O)CCCS(=O)(=O)c3ccc(OC)cc3)nc12. The van der Waals surface area contributed by atoms with Crippen molar-refractivity contribution in [3.05, 3.63) is 59.9 Å². The molecule has 202 valence electrons. The highest BCUT2D eigenvalue weighted by molar-refractivity contribution is 7.91. The fourth-order valence-corrected chi connectivity index (χ4v) is 6.51. The molecule has 0 aliphatic rings. The topological polar surface area (TPSA) is 104 Å². The van der Waals surface area contributed by atoms with E-state index >= 15 is 0 Å². The number of nitrogens with zero attached hydrogens (tertiary/aromatic N) is 4. The Balaban J connectivity index is 1.52. The summed E-state index contributed by atoms with van der Waals surface area (Å²) in [5.74, 6) is 0.934. The molecule has 2 aromatic carbocycles. The minimum atomic E-state index is -3.53. The molecular formula is C27H32N4O5S2. The van der Waals surface area contributed by atoms with Gasteiger partial charge in [0.1, 0.15) is 17.0 Å². The zero-order valence-electron chi connectivity index (χ0n) is 22.0. The standard InChI is InChI=1S/C27H32N4O5S2/c1-5-36-23-8-6-9-24-26(23)28-27(37-24)30(15-16-31-20(3)18-19(2)29-31)25(32)10-7-17-38(33,34)22-13-11-21(35-4)12-14-22/h6,8-9,11-14,18H,5,7,10,15-17H2,1-4H3. The molecule has 0 unspecified atom stereocenters. The van der Waals surface area contributed by atoms with Crippen molar-refractivity contribution < 1.29 is 22.7 Å². The van der Waals surface area contributed by atoms with Crippen molar-refractivity contribution in [1.29, 1.82) is 0 Å². The fourth-order valence-electron chi connectivity index (χ4n) is 4.17. The molecule has 0 aliphatic carbocycles. The van der Waals surface area contributed by atoms with Gasteiger partial charge >= 0.3 is 0 Å². The highest BCUT2D eigenvalue weighted by Crippen LogP contribution is 2.34. The Bertz CT molecular complexity index is 1510. The molecule has 0 radical (unpaired) electrons. The first-order valence-electron chi connectivity index (χ1n) is 12.4. The van der Waals surface area contributed by atoms with E-state index in [-0.39, 0.29) is 29.4 Å². The van der Waals surface area contributed by atoms with Crippen molar-refractivity contribution in [3.8, 4) is 11.5 Å². The van der Waals surface area contributed by atoms with E-state index in [4.69, 9.17) is 14.5 Å². The van der Waals surface area contributed by atoms with Crippen LogP contribution in [0, 0.1) is 13.8 Å². The van der Waals surface area contributed by atoms with Crippen LogP contribution in [0.25, 0.3) is 10.2 Å². The lowest BCUT2D eigenvalue weighted by Crippen LogP contribution is -2.34. The highest BCUT2D eigenvalue weighted by atomic mass is 32.2. The van der Waals surface area contributed by atoms with Crippen LogP contribution in [-0.4, -0.2) is 55.1 Å². The number of sulfone groups is 1. The molecule has 2 aromatic heterocycles. The number of rotatable bonds is 12. The molecule has 0 fully saturated rings. The van der Waals surface area contributed by atoms with Crippen LogP contribution in [0.3, 0.4) is 0 Å². The molecular weight excluding hydrogens is 524 g/mol. The van der Waals surface area contributed by atoms with Crippen molar-refractivity contribution in [2.24, 2.45) is 0 Å². The minimum Gasteiger partial charge on any atom is -0.497 e. The number of thiazole rings is 1. The average Bonchev–Trinajstić information content (AvgIpc) is 3.47. The average molecular weight is 557 g/mol. The summed E-state index contributed by atoms with van der Waals surface area (Å²) >= 11 is 1.41. The van der Waals surface area contributed by atoms with Gasteiger partial charge < -0.3 is 9.47 Å². The Labute approximate surface area is 226 Å². The zero-order chi connectivity index (χ0) is 27.3. The maximum Gasteiger partial charge on any atom is 0.228 e. The lowest BCUT2D eigenvalue weighted by molar-refractivity contribution is -0.118. The number of hydrogen-bond donors (Lipinski definition) is 0. The summed E-state index contributed by atoms with van der Waals surface area (Å²) in [6.45, 7) is 7.17. The normalized spacial score (nSPS) is 11.6. The highest BCUT2D eigenvalue weighted by Gasteiger charge is 2.23. The number of methoxy groups -OCH3 is 1. The van der Waals surface area contributed by atoms with Crippen LogP contribution in [0.15, 0.2) is 53.4 Å². The second-order valence-electron chi connectivity index (χ2n) is 8.83. The summed E-state index contributed by atoms with van der Waals surface area (Å²) < 4.78 is 39.3. The Morgan fingerprint density at radius 1 is 1.13 bits per heavy atom. The van der Waals surface area contributed by atoms with Crippen LogP contribution in [-0.2, 0) is 21.2 Å². The van der Waals surface area contributed by atoms with E-state index in [0.717, 1.165) is 16.1 Å². The van der Waals surface area contributed by atoms with Crippen molar-refractivity contribution in [2.45, 2.75) is 45.1 Å². The van der Waals surface area contributed by atoms with Crippen molar-refractivity contribution in [1.82, 2.24) is 14.8 Å². The first-order chi connectivity index (χ1) is 18.2. The summed E-state index contributed by atoms with van der Waals surface area (Å²) in [5.41, 5.74) is 2.62. The van der Waals surface area contributed by atoms with Gasteiger partial charge in [0.05, 0.1) is 41.3 Å². The number of aryl methyl sites for hydroxylation is 2. The Hall–Kier alpha value is -3.44. The van der Waals surface area contributed by atoms with Crippen LogP contribution in [0.2, 0.25) is 0 Å². The number of fused-ring (bicyclic) bond motifs is 1. The van der Waals surface area contributed by atoms with Crippen LogP contribution < -0.4 is 14.4 Å². The maximum atomic E-state index is 13.5. The van der Waals surface area contributed by atoms with E-state index in [9.17, 15) is 13.2 Å². The van der Waals surface area contributed by atoms with E-state index in [2.05, 4.69) is 5.10 Å². The first kappa shape index (κ1) is 27.6. The molecule has 0 saturated carbocycles. The molecule has 0 aliphatic heterocycles. The van der Waals surface area contributed by atoms with Crippen molar-refractivity contribution in [3.63, 3.8) is 0 Å². The van der Waals surface area contributed by atoms with Gasteiger partial charge in [-0.3, -0.25) is 14.4 Å². The van der Waals surface area contributed by atoms with Crippen molar-refractivity contribution >= 4 is 42.4 Å². The molecule has 4 rings (SSSR count). The molecule has 38 heavy (non-hydrogen) atoms. The van der Waals surface area contributed by atoms with Gasteiger partial charge in [0, 0.05) is 18.7 Å². The van der Waals surface area contributed by atoms with E-state index in [1.807, 2.05) is 49.7 Å². The van der Waals surface area contributed by atoms with Crippen molar-refractivity contribution in [2.75, 3.05) is 30.9 Å². The molecule has 0 spiro atoms. The van der Waals surface area contributed by atoms with Gasteiger partial charge in [-0.15, -0.1) is 0 Å². The third-order valence-corrected chi connectivity index (χ3v) is 8.92. The second kappa shape index (κ2) is 12.0. The molecule has 11 heteroatoms. The quantitative estimate of drug-likeness (QED) is 0.247. The largest absolute Gasteiger partial charge is 0.497 e. The Kier molecular flexibility index (Phi) is 8.68. The lowest BCUT2D eigenvalue weighted by atomic mass is 10.3. The van der Waals surface area contributed by atoms with Gasteiger partial charge in [-0.25, -0.2) is 13.4 Å². The third kappa shape index (κ3) is 6.33. The van der Waals surface area contributed by atoms with Gasteiger partial charge in [-0.1, -0.05) is 17.4 Å². The number of ether oxygens (including phenoxy) is 2. The number of anilines is 1. The van der Waals surface area contributed by atoms with Gasteiger partial charge in [-0.05, 0) is 69.7 Å². The number of benzene rings is 2. The number of carbonyl (C=O) groups excluding carboxylic acids is 1. The number of amides is 1. The summed E-state index contributed by atoms with van der Waals surface area (Å²) in [5, 5.41) is 5.06.